The largest absolute Gasteiger partial charge is 0.379 e. The molecule has 2 N–H and O–H groups in total. The maximum atomic E-state index is 6.19. The van der Waals surface area contributed by atoms with E-state index in [4.69, 9.17) is 10.5 Å². The Labute approximate surface area is 73.1 Å². The second-order valence-corrected chi connectivity index (χ2v) is 3.60. The van der Waals surface area contributed by atoms with Crippen molar-refractivity contribution in [2.45, 2.75) is 24.8 Å². The number of allylic oxidation sites excluding steroid dienone is 2. The summed E-state index contributed by atoms with van der Waals surface area (Å²) in [4.78, 5) is 0. The average molecular weight is 165 g/mol. The maximum Gasteiger partial charge on any atom is 0.0688 e. The predicted molar refractivity (Wildman–Crippen MR) is 48.8 cm³/mol. The number of hydrogen-bond donors (Lipinski definition) is 1. The zero-order valence-electron chi connectivity index (χ0n) is 7.25. The molecule has 2 heteroatoms. The molecule has 0 amide bonds. The molecule has 1 unspecified atom stereocenters. The first-order valence-electron chi connectivity index (χ1n) is 4.55. The van der Waals surface area contributed by atoms with E-state index in [1.807, 2.05) is 0 Å². The van der Waals surface area contributed by atoms with E-state index in [1.54, 1.807) is 0 Å². The van der Waals surface area contributed by atoms with Crippen LogP contribution < -0.4 is 5.73 Å². The molecule has 0 aromatic rings. The Balaban J connectivity index is 2.16. The second-order valence-electron chi connectivity index (χ2n) is 3.60. The number of rotatable bonds is 1. The smallest absolute Gasteiger partial charge is 0.0688 e. The normalized spacial score (nSPS) is 35.2. The zero-order chi connectivity index (χ0) is 8.44. The summed E-state index contributed by atoms with van der Waals surface area (Å²) in [7, 11) is 0. The van der Waals surface area contributed by atoms with Crippen molar-refractivity contribution in [2.24, 2.45) is 5.73 Å². The van der Waals surface area contributed by atoms with Gasteiger partial charge in [-0.3, -0.25) is 0 Å². The fraction of sp³-hybridized carbons (Fsp3) is 0.600. The van der Waals surface area contributed by atoms with Crippen molar-refractivity contribution in [1.82, 2.24) is 0 Å². The van der Waals surface area contributed by atoms with E-state index in [2.05, 4.69) is 18.2 Å². The molecule has 0 bridgehead atoms. The quantitative estimate of drug-likeness (QED) is 0.637. The van der Waals surface area contributed by atoms with E-state index in [1.165, 1.54) is 5.57 Å². The molecule has 2 aliphatic rings. The highest BCUT2D eigenvalue weighted by Crippen LogP contribution is 2.27. The standard InChI is InChI=1S/C10H15NO/c11-10(6-7-12-8-10)9-4-2-1-3-5-9/h2,4-5H,1,3,6-8,11H2. The predicted octanol–water partition coefficient (Wildman–Crippen LogP) is 1.38. The van der Waals surface area contributed by atoms with Gasteiger partial charge in [0.15, 0.2) is 0 Å². The third kappa shape index (κ3) is 1.32. The van der Waals surface area contributed by atoms with Crippen molar-refractivity contribution in [3.05, 3.63) is 23.8 Å². The molecule has 12 heavy (non-hydrogen) atoms. The number of hydrogen-bond acceptors (Lipinski definition) is 2. The van der Waals surface area contributed by atoms with E-state index in [0.29, 0.717) is 6.61 Å². The molecule has 1 atom stereocenters. The summed E-state index contributed by atoms with van der Waals surface area (Å²) in [5, 5.41) is 0. The van der Waals surface area contributed by atoms with E-state index in [9.17, 15) is 0 Å². The van der Waals surface area contributed by atoms with Crippen LogP contribution in [0.4, 0.5) is 0 Å². The van der Waals surface area contributed by atoms with Crippen LogP contribution in [0.5, 0.6) is 0 Å². The van der Waals surface area contributed by atoms with Gasteiger partial charge in [-0.25, -0.2) is 0 Å². The summed E-state index contributed by atoms with van der Waals surface area (Å²) in [6.45, 7) is 1.49. The van der Waals surface area contributed by atoms with Crippen LogP contribution in [0.15, 0.2) is 23.8 Å². The monoisotopic (exact) mass is 165 g/mol. The highest BCUT2D eigenvalue weighted by Gasteiger charge is 2.33. The molecule has 0 aromatic heterocycles. The van der Waals surface area contributed by atoms with Gasteiger partial charge in [-0.15, -0.1) is 0 Å². The first kappa shape index (κ1) is 8.02. The third-order valence-corrected chi connectivity index (χ3v) is 2.62. The summed E-state index contributed by atoms with van der Waals surface area (Å²) >= 11 is 0. The Morgan fingerprint density at radius 2 is 2.33 bits per heavy atom. The fourth-order valence-electron chi connectivity index (χ4n) is 1.79. The highest BCUT2D eigenvalue weighted by molar-refractivity contribution is 5.33. The minimum atomic E-state index is -0.184. The van der Waals surface area contributed by atoms with Crippen LogP contribution in [0.2, 0.25) is 0 Å². The van der Waals surface area contributed by atoms with Crippen LogP contribution in [-0.4, -0.2) is 18.8 Å². The number of ether oxygens (including phenoxy) is 1. The first-order valence-corrected chi connectivity index (χ1v) is 4.55. The molecular weight excluding hydrogens is 150 g/mol. The minimum Gasteiger partial charge on any atom is -0.379 e. The molecule has 0 aromatic carbocycles. The maximum absolute atomic E-state index is 6.19. The minimum absolute atomic E-state index is 0.184. The van der Waals surface area contributed by atoms with Crippen molar-refractivity contribution in [3.8, 4) is 0 Å². The van der Waals surface area contributed by atoms with Gasteiger partial charge in [0, 0.05) is 6.61 Å². The molecule has 0 radical (unpaired) electrons. The number of nitrogens with two attached hydrogens (primary N) is 1. The van der Waals surface area contributed by atoms with Crippen molar-refractivity contribution in [2.75, 3.05) is 13.2 Å². The van der Waals surface area contributed by atoms with Crippen molar-refractivity contribution in [3.63, 3.8) is 0 Å². The first-order chi connectivity index (χ1) is 5.81. The van der Waals surface area contributed by atoms with Crippen LogP contribution in [0.1, 0.15) is 19.3 Å². The van der Waals surface area contributed by atoms with E-state index in [-0.39, 0.29) is 5.54 Å². The Kier molecular flexibility index (Phi) is 2.03. The zero-order valence-corrected chi connectivity index (χ0v) is 7.25. The molecule has 2 nitrogen and oxygen atoms in total. The van der Waals surface area contributed by atoms with Gasteiger partial charge in [-0.2, -0.15) is 0 Å². The van der Waals surface area contributed by atoms with Gasteiger partial charge < -0.3 is 10.5 Å². The lowest BCUT2D eigenvalue weighted by molar-refractivity contribution is 0.185. The van der Waals surface area contributed by atoms with E-state index >= 15 is 0 Å². The summed E-state index contributed by atoms with van der Waals surface area (Å²) in [5.74, 6) is 0. The van der Waals surface area contributed by atoms with Crippen molar-refractivity contribution < 1.29 is 4.74 Å². The van der Waals surface area contributed by atoms with Crippen LogP contribution in [0, 0.1) is 0 Å². The Bertz CT molecular complexity index is 224. The Hall–Kier alpha value is -0.600. The van der Waals surface area contributed by atoms with Crippen molar-refractivity contribution in [1.29, 1.82) is 0 Å². The van der Waals surface area contributed by atoms with Crippen LogP contribution in [-0.2, 0) is 4.74 Å². The van der Waals surface area contributed by atoms with E-state index in [0.717, 1.165) is 25.9 Å². The van der Waals surface area contributed by atoms with Gasteiger partial charge in [0.25, 0.3) is 0 Å². The molecule has 2 rings (SSSR count). The molecule has 0 saturated carbocycles. The summed E-state index contributed by atoms with van der Waals surface area (Å²) < 4.78 is 5.31. The topological polar surface area (TPSA) is 35.2 Å². The molecule has 0 spiro atoms. The molecule has 66 valence electrons. The van der Waals surface area contributed by atoms with Gasteiger partial charge in [0.2, 0.25) is 0 Å². The second kappa shape index (κ2) is 3.04. The molecular formula is C10H15NO. The molecule has 1 aliphatic carbocycles. The highest BCUT2D eigenvalue weighted by atomic mass is 16.5. The van der Waals surface area contributed by atoms with Gasteiger partial charge in [0.05, 0.1) is 12.1 Å². The van der Waals surface area contributed by atoms with Gasteiger partial charge in [0.1, 0.15) is 0 Å². The molecule has 1 saturated heterocycles. The molecule has 1 aliphatic heterocycles. The van der Waals surface area contributed by atoms with Crippen LogP contribution in [0.25, 0.3) is 0 Å². The lowest BCUT2D eigenvalue weighted by atomic mass is 9.87. The van der Waals surface area contributed by atoms with Gasteiger partial charge in [-0.05, 0) is 24.8 Å². The van der Waals surface area contributed by atoms with Crippen LogP contribution in [0.3, 0.4) is 0 Å². The molecule has 1 heterocycles. The van der Waals surface area contributed by atoms with Gasteiger partial charge >= 0.3 is 0 Å². The molecule has 1 fully saturated rings. The fourth-order valence-corrected chi connectivity index (χ4v) is 1.79. The average Bonchev–Trinajstić information content (AvgIpc) is 2.55. The summed E-state index contributed by atoms with van der Waals surface area (Å²) in [6.07, 6.45) is 9.84. The Morgan fingerprint density at radius 3 is 2.92 bits per heavy atom. The lowest BCUT2D eigenvalue weighted by Gasteiger charge is -2.25. The van der Waals surface area contributed by atoms with Gasteiger partial charge in [-0.1, -0.05) is 18.2 Å². The summed E-state index contributed by atoms with van der Waals surface area (Å²) in [5.41, 5.74) is 7.28. The SMILES string of the molecule is NC1(C2=CCCC=C2)CCOC1. The summed E-state index contributed by atoms with van der Waals surface area (Å²) in [6, 6.07) is 0. The van der Waals surface area contributed by atoms with Crippen LogP contribution >= 0.6 is 0 Å². The van der Waals surface area contributed by atoms with E-state index < -0.39 is 0 Å². The lowest BCUT2D eigenvalue weighted by Crippen LogP contribution is -2.42. The van der Waals surface area contributed by atoms with Crippen molar-refractivity contribution >= 4 is 0 Å². The third-order valence-electron chi connectivity index (χ3n) is 2.62. The Morgan fingerprint density at radius 1 is 1.42 bits per heavy atom.